The van der Waals surface area contributed by atoms with Crippen LogP contribution in [0.3, 0.4) is 0 Å². The van der Waals surface area contributed by atoms with Gasteiger partial charge < -0.3 is 15.0 Å². The van der Waals surface area contributed by atoms with E-state index in [2.05, 4.69) is 53.2 Å². The van der Waals surface area contributed by atoms with Crippen LogP contribution in [0, 0.1) is 12.8 Å². The van der Waals surface area contributed by atoms with Gasteiger partial charge in [0.25, 0.3) is 0 Å². The Balaban J connectivity index is 1.41. The minimum atomic E-state index is 0.173. The number of rotatable bonds is 5. The number of nitrogens with zero attached hydrogens (tertiary/aromatic N) is 3. The Morgan fingerprint density at radius 1 is 1.10 bits per heavy atom. The van der Waals surface area contributed by atoms with Crippen molar-refractivity contribution in [1.82, 2.24) is 15.1 Å². The van der Waals surface area contributed by atoms with Crippen LogP contribution in [-0.2, 0) is 4.74 Å². The van der Waals surface area contributed by atoms with E-state index in [0.717, 1.165) is 45.2 Å². The highest BCUT2D eigenvalue weighted by Gasteiger charge is 2.31. The smallest absolute Gasteiger partial charge is 0.193 e. The van der Waals surface area contributed by atoms with Crippen LogP contribution in [0.5, 0.6) is 0 Å². The normalized spacial score (nSPS) is 28.8. The fraction of sp³-hybridized carbons (Fsp3) is 0.708. The van der Waals surface area contributed by atoms with Gasteiger partial charge in [-0.05, 0) is 64.6 Å². The van der Waals surface area contributed by atoms with Crippen LogP contribution in [0.15, 0.2) is 29.3 Å². The summed E-state index contributed by atoms with van der Waals surface area (Å²) >= 11 is 0. The molecule has 3 aliphatic heterocycles. The molecule has 0 bridgehead atoms. The van der Waals surface area contributed by atoms with E-state index in [-0.39, 0.29) is 6.10 Å². The van der Waals surface area contributed by atoms with Crippen LogP contribution in [0.1, 0.15) is 56.3 Å². The third kappa shape index (κ3) is 5.13. The highest BCUT2D eigenvalue weighted by atomic mass is 16.5. The molecule has 0 saturated carbocycles. The number of hydrogen-bond acceptors (Lipinski definition) is 3. The molecule has 0 amide bonds. The van der Waals surface area contributed by atoms with Gasteiger partial charge in [0.2, 0.25) is 0 Å². The number of likely N-dealkylation sites (tertiary alicyclic amines) is 2. The monoisotopic (exact) mass is 398 g/mol. The van der Waals surface area contributed by atoms with Crippen molar-refractivity contribution in [2.24, 2.45) is 10.9 Å². The van der Waals surface area contributed by atoms with Crippen molar-refractivity contribution in [2.45, 2.75) is 58.1 Å². The molecule has 160 valence electrons. The summed E-state index contributed by atoms with van der Waals surface area (Å²) in [6, 6.07) is 9.56. The summed E-state index contributed by atoms with van der Waals surface area (Å²) in [5.41, 5.74) is 2.60. The Labute approximate surface area is 176 Å². The second-order valence-corrected chi connectivity index (χ2v) is 8.93. The van der Waals surface area contributed by atoms with Crippen LogP contribution in [-0.4, -0.2) is 67.7 Å². The average molecular weight is 399 g/mol. The molecule has 5 nitrogen and oxygen atoms in total. The van der Waals surface area contributed by atoms with Crippen molar-refractivity contribution in [3.8, 4) is 0 Å². The number of aryl methyl sites for hydroxylation is 1. The van der Waals surface area contributed by atoms with Crippen molar-refractivity contribution in [3.63, 3.8) is 0 Å². The van der Waals surface area contributed by atoms with E-state index in [9.17, 15) is 0 Å². The highest BCUT2D eigenvalue weighted by Crippen LogP contribution is 2.34. The molecule has 29 heavy (non-hydrogen) atoms. The Kier molecular flexibility index (Phi) is 7.09. The van der Waals surface area contributed by atoms with Gasteiger partial charge in [0, 0.05) is 44.7 Å². The Morgan fingerprint density at radius 2 is 1.90 bits per heavy atom. The molecular weight excluding hydrogens is 360 g/mol. The standard InChI is InChI=1S/C24H38N4O/c1-3-25-24(28-15-12-22(18-28)27-13-4-5-14-27)26-17-21-7-6-16-29-23(21)20-10-8-19(2)9-11-20/h8-11,21-23H,3-7,12-18H2,1-2H3,(H,25,26). The molecule has 3 unspecified atom stereocenters. The quantitative estimate of drug-likeness (QED) is 0.608. The molecule has 1 N–H and O–H groups in total. The third-order valence-corrected chi connectivity index (χ3v) is 6.78. The summed E-state index contributed by atoms with van der Waals surface area (Å²) in [7, 11) is 0. The zero-order valence-corrected chi connectivity index (χ0v) is 18.3. The molecular formula is C24H38N4O. The topological polar surface area (TPSA) is 40.1 Å². The van der Waals surface area contributed by atoms with Crippen molar-refractivity contribution in [2.75, 3.05) is 45.9 Å². The van der Waals surface area contributed by atoms with E-state index in [1.807, 2.05) is 0 Å². The number of ether oxygens (including phenoxy) is 1. The third-order valence-electron chi connectivity index (χ3n) is 6.78. The van der Waals surface area contributed by atoms with Crippen molar-refractivity contribution in [1.29, 1.82) is 0 Å². The number of benzene rings is 1. The second-order valence-electron chi connectivity index (χ2n) is 8.93. The summed E-state index contributed by atoms with van der Waals surface area (Å²) in [5, 5.41) is 3.55. The molecule has 3 aliphatic rings. The molecule has 4 rings (SSSR count). The zero-order valence-electron chi connectivity index (χ0n) is 18.3. The van der Waals surface area contributed by atoms with Gasteiger partial charge in [0.05, 0.1) is 6.10 Å². The average Bonchev–Trinajstić information content (AvgIpc) is 3.44. The van der Waals surface area contributed by atoms with Crippen LogP contribution < -0.4 is 5.32 Å². The lowest BCUT2D eigenvalue weighted by atomic mass is 9.89. The number of nitrogens with one attached hydrogen (secondary N) is 1. The second kappa shape index (κ2) is 9.94. The Bertz CT molecular complexity index is 668. The SMILES string of the molecule is CCNC(=NCC1CCCOC1c1ccc(C)cc1)N1CCC(N2CCCC2)C1. The molecule has 3 atom stereocenters. The van der Waals surface area contributed by atoms with Crippen molar-refractivity contribution < 1.29 is 4.74 Å². The lowest BCUT2D eigenvalue weighted by Crippen LogP contribution is -2.43. The summed E-state index contributed by atoms with van der Waals surface area (Å²) in [6.45, 7) is 11.7. The summed E-state index contributed by atoms with van der Waals surface area (Å²) in [6.07, 6.45) is 6.51. The van der Waals surface area contributed by atoms with Gasteiger partial charge in [-0.1, -0.05) is 29.8 Å². The predicted octanol–water partition coefficient (Wildman–Crippen LogP) is 3.60. The van der Waals surface area contributed by atoms with Gasteiger partial charge in [-0.15, -0.1) is 0 Å². The van der Waals surface area contributed by atoms with E-state index < -0.39 is 0 Å². The maximum atomic E-state index is 6.21. The van der Waals surface area contributed by atoms with Gasteiger partial charge >= 0.3 is 0 Å². The van der Waals surface area contributed by atoms with E-state index >= 15 is 0 Å². The molecule has 1 aromatic rings. The van der Waals surface area contributed by atoms with E-state index in [1.165, 1.54) is 49.9 Å². The molecule has 0 aromatic heterocycles. The largest absolute Gasteiger partial charge is 0.373 e. The van der Waals surface area contributed by atoms with E-state index in [4.69, 9.17) is 9.73 Å². The van der Waals surface area contributed by atoms with Gasteiger partial charge in [-0.3, -0.25) is 9.89 Å². The minimum absolute atomic E-state index is 0.173. The molecule has 3 saturated heterocycles. The lowest BCUT2D eigenvalue weighted by molar-refractivity contribution is -0.0250. The predicted molar refractivity (Wildman–Crippen MR) is 119 cm³/mol. The first kappa shape index (κ1) is 20.7. The first-order valence-corrected chi connectivity index (χ1v) is 11.7. The summed E-state index contributed by atoms with van der Waals surface area (Å²) in [5.74, 6) is 1.56. The molecule has 5 heteroatoms. The first-order valence-electron chi connectivity index (χ1n) is 11.7. The zero-order chi connectivity index (χ0) is 20.1. The molecule has 1 aromatic carbocycles. The Morgan fingerprint density at radius 3 is 2.66 bits per heavy atom. The van der Waals surface area contributed by atoms with Crippen molar-refractivity contribution in [3.05, 3.63) is 35.4 Å². The Hall–Kier alpha value is -1.59. The molecule has 3 fully saturated rings. The van der Waals surface area contributed by atoms with Gasteiger partial charge in [-0.25, -0.2) is 0 Å². The highest BCUT2D eigenvalue weighted by molar-refractivity contribution is 5.80. The van der Waals surface area contributed by atoms with Crippen LogP contribution in [0.4, 0.5) is 0 Å². The summed E-state index contributed by atoms with van der Waals surface area (Å²) < 4.78 is 6.21. The van der Waals surface area contributed by atoms with E-state index in [0.29, 0.717) is 12.0 Å². The van der Waals surface area contributed by atoms with Gasteiger partial charge in [-0.2, -0.15) is 0 Å². The van der Waals surface area contributed by atoms with Gasteiger partial charge in [0.15, 0.2) is 5.96 Å². The van der Waals surface area contributed by atoms with Crippen molar-refractivity contribution >= 4 is 5.96 Å². The molecule has 3 heterocycles. The number of guanidine groups is 1. The van der Waals surface area contributed by atoms with E-state index in [1.54, 1.807) is 0 Å². The van der Waals surface area contributed by atoms with Crippen LogP contribution in [0.25, 0.3) is 0 Å². The summed E-state index contributed by atoms with van der Waals surface area (Å²) in [4.78, 5) is 10.3. The number of aliphatic imine (C=N–C) groups is 1. The van der Waals surface area contributed by atoms with Crippen LogP contribution >= 0.6 is 0 Å². The first-order chi connectivity index (χ1) is 14.2. The minimum Gasteiger partial charge on any atom is -0.373 e. The number of hydrogen-bond donors (Lipinski definition) is 1. The fourth-order valence-electron chi connectivity index (χ4n) is 5.12. The molecule has 0 aliphatic carbocycles. The van der Waals surface area contributed by atoms with Gasteiger partial charge in [0.1, 0.15) is 0 Å². The molecule has 0 spiro atoms. The maximum Gasteiger partial charge on any atom is 0.193 e. The fourth-order valence-corrected chi connectivity index (χ4v) is 5.12. The molecule has 0 radical (unpaired) electrons. The maximum absolute atomic E-state index is 6.21. The van der Waals surface area contributed by atoms with Crippen LogP contribution in [0.2, 0.25) is 0 Å². The lowest BCUT2D eigenvalue weighted by Gasteiger charge is -2.32.